The van der Waals surface area contributed by atoms with Crippen molar-refractivity contribution in [2.24, 2.45) is 46.3 Å². The number of methoxy groups -OCH3 is 1. The van der Waals surface area contributed by atoms with Crippen LogP contribution in [0.3, 0.4) is 0 Å². The molecule has 5 rings (SSSR count). The molecule has 16 atom stereocenters. The average molecular weight is 599 g/mol. The molecule has 0 radical (unpaired) electrons. The van der Waals surface area contributed by atoms with E-state index in [2.05, 4.69) is 34.6 Å². The zero-order valence-electron chi connectivity index (χ0n) is 26.6. The van der Waals surface area contributed by atoms with E-state index in [0.717, 1.165) is 32.1 Å². The molecule has 0 spiro atoms. The Balaban J connectivity index is 1.28. The van der Waals surface area contributed by atoms with Crippen LogP contribution in [0.1, 0.15) is 92.4 Å². The van der Waals surface area contributed by atoms with Gasteiger partial charge in [-0.3, -0.25) is 0 Å². The van der Waals surface area contributed by atoms with Gasteiger partial charge in [0.1, 0.15) is 18.3 Å². The number of hydrogen-bond donors (Lipinski definition) is 6. The van der Waals surface area contributed by atoms with Crippen molar-refractivity contribution < 1.29 is 44.8 Å². The van der Waals surface area contributed by atoms with Crippen molar-refractivity contribution in [3.63, 3.8) is 0 Å². The first-order valence-electron chi connectivity index (χ1n) is 16.6. The highest BCUT2D eigenvalue weighted by atomic mass is 16.7. The van der Waals surface area contributed by atoms with Gasteiger partial charge in [-0.25, -0.2) is 0 Å². The maximum atomic E-state index is 12.5. The van der Waals surface area contributed by atoms with Crippen LogP contribution in [0.25, 0.3) is 0 Å². The normalized spacial score (nSPS) is 52.4. The van der Waals surface area contributed by atoms with Crippen LogP contribution in [0.2, 0.25) is 0 Å². The number of fused-ring (bicyclic) bond motifs is 5. The van der Waals surface area contributed by atoms with Gasteiger partial charge < -0.3 is 44.8 Å². The maximum absolute atomic E-state index is 12.5. The molecule has 0 aromatic carbocycles. The van der Waals surface area contributed by atoms with Crippen LogP contribution in [-0.2, 0) is 14.2 Å². The Labute approximate surface area is 251 Å². The highest BCUT2D eigenvalue weighted by Gasteiger charge is 2.70. The molecule has 0 amide bonds. The predicted octanol–water partition coefficient (Wildman–Crippen LogP) is 2.61. The Bertz CT molecular complexity index is 933. The minimum absolute atomic E-state index is 0.00256. The van der Waals surface area contributed by atoms with E-state index in [0.29, 0.717) is 19.3 Å². The third kappa shape index (κ3) is 5.41. The molecule has 6 N–H and O–H groups in total. The minimum Gasteiger partial charge on any atom is -0.393 e. The minimum atomic E-state index is -1.13. The van der Waals surface area contributed by atoms with Gasteiger partial charge >= 0.3 is 0 Å². The van der Waals surface area contributed by atoms with Gasteiger partial charge in [-0.2, -0.15) is 0 Å². The predicted molar refractivity (Wildman–Crippen MR) is 156 cm³/mol. The molecule has 244 valence electrons. The quantitative estimate of drug-likeness (QED) is 0.248. The van der Waals surface area contributed by atoms with Crippen molar-refractivity contribution >= 4 is 0 Å². The number of aliphatic hydroxyl groups is 6. The van der Waals surface area contributed by atoms with Crippen LogP contribution in [-0.4, -0.2) is 99.0 Å². The third-order valence-electron chi connectivity index (χ3n) is 13.1. The lowest BCUT2D eigenvalue weighted by Gasteiger charge is -2.66. The first-order chi connectivity index (χ1) is 19.7. The molecule has 9 heteroatoms. The zero-order valence-corrected chi connectivity index (χ0v) is 26.6. The first-order valence-corrected chi connectivity index (χ1v) is 16.6. The lowest BCUT2D eigenvalue weighted by atomic mass is 9.42. The summed E-state index contributed by atoms with van der Waals surface area (Å²) in [4.78, 5) is 0. The SMILES string of the molecule is CO[C@@H]1[C@@H](O)[C@H](O[C@@H](CC[C@@H](C)[C@H]2C[C@@H](O)[C@@H]3[C@]2(C)CC[C@@H]2[C@@]4(C)CC[C@H](O)C[C@@H]4[C@@H](O)C[C@]23O)C(C)C)OC[C@H]1O. The summed E-state index contributed by atoms with van der Waals surface area (Å²) in [5, 5.41) is 66.7. The van der Waals surface area contributed by atoms with Crippen molar-refractivity contribution in [2.75, 3.05) is 13.7 Å². The molecule has 0 unspecified atom stereocenters. The van der Waals surface area contributed by atoms with Crippen molar-refractivity contribution in [1.82, 2.24) is 0 Å². The van der Waals surface area contributed by atoms with E-state index in [4.69, 9.17) is 14.2 Å². The highest BCUT2D eigenvalue weighted by Crippen LogP contribution is 2.69. The fourth-order valence-electron chi connectivity index (χ4n) is 10.9. The Morgan fingerprint density at radius 1 is 0.881 bits per heavy atom. The molecule has 1 saturated heterocycles. The van der Waals surface area contributed by atoms with Crippen molar-refractivity contribution in [2.45, 2.75) is 147 Å². The van der Waals surface area contributed by atoms with Crippen LogP contribution >= 0.6 is 0 Å². The van der Waals surface area contributed by atoms with E-state index in [-0.39, 0.29) is 71.6 Å². The van der Waals surface area contributed by atoms with Crippen LogP contribution in [0.5, 0.6) is 0 Å². The monoisotopic (exact) mass is 598 g/mol. The molecule has 5 aliphatic rings. The lowest BCUT2D eigenvalue weighted by Crippen LogP contribution is -2.68. The molecule has 0 aromatic heterocycles. The van der Waals surface area contributed by atoms with Crippen LogP contribution < -0.4 is 0 Å². The second-order valence-electron chi connectivity index (χ2n) is 15.7. The number of hydrogen-bond acceptors (Lipinski definition) is 9. The smallest absolute Gasteiger partial charge is 0.186 e. The van der Waals surface area contributed by atoms with Gasteiger partial charge in [0, 0.05) is 19.4 Å². The second kappa shape index (κ2) is 12.1. The molecule has 4 aliphatic carbocycles. The highest BCUT2D eigenvalue weighted by molar-refractivity contribution is 5.20. The molecular formula is C33H58O9. The van der Waals surface area contributed by atoms with Gasteiger partial charge in [-0.15, -0.1) is 0 Å². The van der Waals surface area contributed by atoms with Crippen molar-refractivity contribution in [1.29, 1.82) is 0 Å². The summed E-state index contributed by atoms with van der Waals surface area (Å²) in [5.41, 5.74) is -1.63. The van der Waals surface area contributed by atoms with E-state index in [9.17, 15) is 30.6 Å². The van der Waals surface area contributed by atoms with Crippen molar-refractivity contribution in [3.05, 3.63) is 0 Å². The first kappa shape index (κ1) is 33.0. The molecule has 1 heterocycles. The van der Waals surface area contributed by atoms with Gasteiger partial charge in [0.15, 0.2) is 6.29 Å². The lowest BCUT2D eigenvalue weighted by molar-refractivity contribution is -0.290. The van der Waals surface area contributed by atoms with Gasteiger partial charge in [-0.1, -0.05) is 34.6 Å². The van der Waals surface area contributed by atoms with E-state index >= 15 is 0 Å². The Hall–Kier alpha value is -0.360. The van der Waals surface area contributed by atoms with Gasteiger partial charge in [-0.05, 0) is 91.8 Å². The second-order valence-corrected chi connectivity index (χ2v) is 15.7. The van der Waals surface area contributed by atoms with E-state index in [1.807, 2.05) is 0 Å². The molecule has 0 bridgehead atoms. The zero-order chi connectivity index (χ0) is 30.8. The van der Waals surface area contributed by atoms with E-state index < -0.39 is 42.4 Å². The standard InChI is InChI=1S/C33H58O9/c1-17(2)25(42-30-27(38)28(40-6)24(37)16-41-30)8-7-18(3)20-14-22(35)29-32(20,5)12-10-26-31(4)11-9-19(34)13-21(31)23(36)15-33(26,29)39/h17-30,34-39H,7-16H2,1-6H3/t18-,19+,20-,21-,22-,23+,24-,25+,26-,27-,28+,29-,30+,31+,32-,33+/m1/s1. The summed E-state index contributed by atoms with van der Waals surface area (Å²) < 4.78 is 17.2. The van der Waals surface area contributed by atoms with Crippen LogP contribution in [0.15, 0.2) is 0 Å². The fourth-order valence-corrected chi connectivity index (χ4v) is 10.9. The van der Waals surface area contributed by atoms with Gasteiger partial charge in [0.25, 0.3) is 0 Å². The molecule has 42 heavy (non-hydrogen) atoms. The Kier molecular flexibility index (Phi) is 9.51. The summed E-state index contributed by atoms with van der Waals surface area (Å²) in [6.07, 6.45) is 0.929. The molecule has 1 aliphatic heterocycles. The fraction of sp³-hybridized carbons (Fsp3) is 1.00. The van der Waals surface area contributed by atoms with Gasteiger partial charge in [0.2, 0.25) is 0 Å². The summed E-state index contributed by atoms with van der Waals surface area (Å²) in [6, 6.07) is 0. The largest absolute Gasteiger partial charge is 0.393 e. The maximum Gasteiger partial charge on any atom is 0.186 e. The summed E-state index contributed by atoms with van der Waals surface area (Å²) in [7, 11) is 1.46. The summed E-state index contributed by atoms with van der Waals surface area (Å²) >= 11 is 0. The Morgan fingerprint density at radius 3 is 2.24 bits per heavy atom. The third-order valence-corrected chi connectivity index (χ3v) is 13.1. The average Bonchev–Trinajstić information content (AvgIpc) is 3.19. The topological polar surface area (TPSA) is 149 Å². The molecule has 9 nitrogen and oxygen atoms in total. The van der Waals surface area contributed by atoms with E-state index in [1.54, 1.807) is 0 Å². The molecular weight excluding hydrogens is 540 g/mol. The summed E-state index contributed by atoms with van der Waals surface area (Å²) in [5.74, 6) is 0.355. The number of aliphatic hydroxyl groups excluding tert-OH is 5. The van der Waals surface area contributed by atoms with Crippen molar-refractivity contribution in [3.8, 4) is 0 Å². The molecule has 4 saturated carbocycles. The summed E-state index contributed by atoms with van der Waals surface area (Å²) in [6.45, 7) is 10.9. The molecule has 5 fully saturated rings. The number of ether oxygens (including phenoxy) is 3. The number of rotatable bonds is 8. The van der Waals surface area contributed by atoms with Crippen LogP contribution in [0, 0.1) is 46.3 Å². The van der Waals surface area contributed by atoms with Crippen LogP contribution in [0.4, 0.5) is 0 Å². The van der Waals surface area contributed by atoms with E-state index in [1.165, 1.54) is 7.11 Å². The molecule has 0 aromatic rings. The Morgan fingerprint density at radius 2 is 1.57 bits per heavy atom. The van der Waals surface area contributed by atoms with Gasteiger partial charge in [0.05, 0.1) is 36.6 Å².